The summed E-state index contributed by atoms with van der Waals surface area (Å²) in [6.45, 7) is 5.47. The Morgan fingerprint density at radius 1 is 1.16 bits per heavy atom. The van der Waals surface area contributed by atoms with Crippen LogP contribution >= 0.6 is 17.1 Å². The van der Waals surface area contributed by atoms with Crippen molar-refractivity contribution in [2.45, 2.75) is 46.0 Å². The maximum atomic E-state index is 11.1. The minimum absolute atomic E-state index is 0.226. The highest BCUT2D eigenvalue weighted by atomic mass is 32.9. The number of ether oxygens (including phenoxy) is 1. The van der Waals surface area contributed by atoms with Gasteiger partial charge in [-0.25, -0.2) is 0 Å². The Balaban J connectivity index is 4.14. The lowest BCUT2D eigenvalue weighted by atomic mass is 10.4. The molecule has 0 bridgehead atoms. The van der Waals surface area contributed by atoms with Crippen molar-refractivity contribution in [3.8, 4) is 0 Å². The van der Waals surface area contributed by atoms with Gasteiger partial charge in [0.2, 0.25) is 5.69 Å². The van der Waals surface area contributed by atoms with Crippen LogP contribution in [0.15, 0.2) is 0 Å². The van der Waals surface area contributed by atoms with E-state index in [-0.39, 0.29) is 5.97 Å². The molecule has 0 aliphatic carbocycles. The van der Waals surface area contributed by atoms with Crippen LogP contribution in [-0.4, -0.2) is 32.0 Å². The number of carbonyl (C=O) groups excluding carboxylic acids is 1. The minimum Gasteiger partial charge on any atom is -0.469 e. The van der Waals surface area contributed by atoms with Gasteiger partial charge >= 0.3 is 5.97 Å². The molecule has 0 saturated carbocycles. The van der Waals surface area contributed by atoms with Crippen molar-refractivity contribution in [3.63, 3.8) is 0 Å². The Labute approximate surface area is 125 Å². The van der Waals surface area contributed by atoms with Crippen LogP contribution in [-0.2, 0) is 30.4 Å². The van der Waals surface area contributed by atoms with Crippen molar-refractivity contribution >= 4 is 34.9 Å². The van der Waals surface area contributed by atoms with E-state index in [9.17, 15) is 4.79 Å². The summed E-state index contributed by atoms with van der Waals surface area (Å²) in [5, 5.41) is 0. The summed E-state index contributed by atoms with van der Waals surface area (Å²) in [7, 11) is 1.39. The van der Waals surface area contributed by atoms with Gasteiger partial charge in [-0.2, -0.15) is 0 Å². The molecule has 19 heavy (non-hydrogen) atoms. The van der Waals surface area contributed by atoms with Crippen LogP contribution in [0, 0.1) is 0 Å². The summed E-state index contributed by atoms with van der Waals surface area (Å²) in [4.78, 5) is 11.1. The van der Waals surface area contributed by atoms with Gasteiger partial charge in [0, 0.05) is 5.75 Å². The Kier molecular flexibility index (Phi) is 12.4. The van der Waals surface area contributed by atoms with Gasteiger partial charge in [-0.3, -0.25) is 4.79 Å². The highest BCUT2D eigenvalue weighted by Crippen LogP contribution is 2.61. The number of rotatable bonds is 12. The van der Waals surface area contributed by atoms with Gasteiger partial charge in [0.15, 0.2) is 0 Å². The molecule has 0 rings (SSSR count). The molecule has 0 aromatic rings. The summed E-state index contributed by atoms with van der Waals surface area (Å²) in [5.41, 5.74) is -2.30. The number of methoxy groups -OCH3 is 1. The number of esters is 1. The first-order chi connectivity index (χ1) is 9.08. The van der Waals surface area contributed by atoms with Gasteiger partial charge in [0.1, 0.15) is 0 Å². The molecule has 0 fully saturated rings. The van der Waals surface area contributed by atoms with Crippen molar-refractivity contribution < 1.29 is 18.6 Å². The molecule has 0 atom stereocenters. The maximum Gasteiger partial charge on any atom is 0.306 e. The molecule has 4 nitrogen and oxygen atoms in total. The van der Waals surface area contributed by atoms with E-state index < -0.39 is 5.69 Å². The largest absolute Gasteiger partial charge is 0.469 e. The zero-order chi connectivity index (χ0) is 14.6. The summed E-state index contributed by atoms with van der Waals surface area (Å²) in [6.07, 6.45) is 4.43. The van der Waals surface area contributed by atoms with Crippen molar-refractivity contribution in [2.24, 2.45) is 0 Å². The highest BCUT2D eigenvalue weighted by Gasteiger charge is 2.20. The Morgan fingerprint density at radius 2 is 1.68 bits per heavy atom. The van der Waals surface area contributed by atoms with Gasteiger partial charge in [0.05, 0.1) is 26.7 Å². The maximum absolute atomic E-state index is 11.1. The van der Waals surface area contributed by atoms with Crippen LogP contribution in [0.5, 0.6) is 0 Å². The molecule has 7 heteroatoms. The van der Waals surface area contributed by atoms with Crippen LogP contribution in [0.25, 0.3) is 0 Å². The third kappa shape index (κ3) is 10.8. The molecule has 0 unspecified atom stereocenters. The zero-order valence-corrected chi connectivity index (χ0v) is 14.6. The van der Waals surface area contributed by atoms with Crippen molar-refractivity contribution in [1.82, 2.24) is 0 Å². The normalized spacial score (nSPS) is 11.5. The molecule has 0 aromatic carbocycles. The molecule has 0 aliphatic rings. The summed E-state index contributed by atoms with van der Waals surface area (Å²) >= 11 is 6.94. The molecule has 0 N–H and O–H groups in total. The van der Waals surface area contributed by atoms with Crippen molar-refractivity contribution in [1.29, 1.82) is 0 Å². The second-order valence-corrected chi connectivity index (χ2v) is 10.4. The van der Waals surface area contributed by atoms with Gasteiger partial charge in [-0.1, -0.05) is 38.1 Å². The summed E-state index contributed by atoms with van der Waals surface area (Å²) in [5.74, 6) is 0.360. The molecular weight excluding hydrogens is 303 g/mol. The van der Waals surface area contributed by atoms with Crippen LogP contribution in [0.3, 0.4) is 0 Å². The van der Waals surface area contributed by atoms with E-state index in [1.54, 1.807) is 0 Å². The van der Waals surface area contributed by atoms with Crippen LogP contribution in [0.2, 0.25) is 0 Å². The van der Waals surface area contributed by atoms with Gasteiger partial charge in [0.25, 0.3) is 0 Å². The fourth-order valence-electron chi connectivity index (χ4n) is 1.10. The van der Waals surface area contributed by atoms with Crippen LogP contribution in [0.4, 0.5) is 0 Å². The minimum atomic E-state index is -2.30. The fraction of sp³-hybridized carbons (Fsp3) is 0.917. The number of unbranched alkanes of at least 4 members (excludes halogenated alkanes) is 2. The number of hydrogen-bond acceptors (Lipinski definition) is 6. The fourth-order valence-corrected chi connectivity index (χ4v) is 5.46. The molecule has 0 saturated heterocycles. The summed E-state index contributed by atoms with van der Waals surface area (Å²) in [6, 6.07) is 0. The highest BCUT2D eigenvalue weighted by molar-refractivity contribution is 8.67. The lowest BCUT2D eigenvalue weighted by Gasteiger charge is -2.21. The zero-order valence-electron chi connectivity index (χ0n) is 12.1. The molecule has 0 spiro atoms. The Bertz CT molecular complexity index is 273. The third-order valence-electron chi connectivity index (χ3n) is 2.28. The first-order valence-electron chi connectivity index (χ1n) is 6.68. The predicted octanol–water partition coefficient (Wildman–Crippen LogP) is 4.14. The molecule has 0 aliphatic heterocycles. The molecule has 114 valence electrons. The molecule has 0 heterocycles. The molecular formula is C12H25O4PS2. The van der Waals surface area contributed by atoms with E-state index in [1.807, 2.05) is 0 Å². The van der Waals surface area contributed by atoms with Crippen molar-refractivity contribution in [2.75, 3.05) is 26.1 Å². The first-order valence-corrected chi connectivity index (χ1v) is 10.9. The monoisotopic (exact) mass is 328 g/mol. The Hall–Kier alpha value is 0.390. The number of carbonyl (C=O) groups is 1. The van der Waals surface area contributed by atoms with E-state index in [1.165, 1.54) is 18.5 Å². The average Bonchev–Trinajstić information content (AvgIpc) is 2.39. The smallest absolute Gasteiger partial charge is 0.306 e. The van der Waals surface area contributed by atoms with Crippen molar-refractivity contribution in [3.05, 3.63) is 0 Å². The van der Waals surface area contributed by atoms with E-state index in [0.29, 0.717) is 25.4 Å². The predicted molar refractivity (Wildman–Crippen MR) is 85.1 cm³/mol. The third-order valence-corrected chi connectivity index (χ3v) is 7.69. The van der Waals surface area contributed by atoms with Gasteiger partial charge in [-0.15, -0.1) is 0 Å². The quantitative estimate of drug-likeness (QED) is 0.305. The van der Waals surface area contributed by atoms with E-state index in [2.05, 4.69) is 18.6 Å². The lowest BCUT2D eigenvalue weighted by Crippen LogP contribution is -2.02. The Morgan fingerprint density at radius 3 is 2.11 bits per heavy atom. The van der Waals surface area contributed by atoms with E-state index in [0.717, 1.165) is 25.7 Å². The standard InChI is InChI=1S/C12H25O4PS2/c1-4-6-9-15-17(18,16-10-7-5-2)19-11-8-12(13)14-3/h4-11H2,1-3H3. The average molecular weight is 328 g/mol. The second kappa shape index (κ2) is 12.2. The molecule has 0 amide bonds. The SMILES string of the molecule is CCCCOP(=S)(OCCCC)SCCC(=O)OC. The summed E-state index contributed by atoms with van der Waals surface area (Å²) < 4.78 is 16.1. The topological polar surface area (TPSA) is 44.8 Å². The molecule has 0 radical (unpaired) electrons. The van der Waals surface area contributed by atoms with Gasteiger partial charge in [-0.05, 0) is 24.6 Å². The van der Waals surface area contributed by atoms with Gasteiger partial charge < -0.3 is 13.8 Å². The number of hydrogen-bond donors (Lipinski definition) is 0. The molecule has 0 aromatic heterocycles. The first kappa shape index (κ1) is 19.4. The van der Waals surface area contributed by atoms with E-state index >= 15 is 0 Å². The van der Waals surface area contributed by atoms with Crippen LogP contribution < -0.4 is 0 Å². The lowest BCUT2D eigenvalue weighted by molar-refractivity contribution is -0.140. The van der Waals surface area contributed by atoms with Crippen LogP contribution in [0.1, 0.15) is 46.0 Å². The van der Waals surface area contributed by atoms with E-state index in [4.69, 9.17) is 20.9 Å². The second-order valence-electron chi connectivity index (χ2n) is 3.98.